The zero-order chi connectivity index (χ0) is 15.2. The number of phenols is 1. The maximum Gasteiger partial charge on any atom is 0.133 e. The van der Waals surface area contributed by atoms with Crippen molar-refractivity contribution in [2.24, 2.45) is 0 Å². The average molecular weight is 288 g/mol. The third-order valence-corrected chi connectivity index (χ3v) is 4.26. The van der Waals surface area contributed by atoms with E-state index in [0.29, 0.717) is 29.7 Å². The fourth-order valence-corrected chi connectivity index (χ4v) is 3.22. The second-order valence-corrected chi connectivity index (χ2v) is 5.97. The van der Waals surface area contributed by atoms with Crippen molar-refractivity contribution in [2.45, 2.75) is 31.8 Å². The van der Waals surface area contributed by atoms with Gasteiger partial charge in [-0.05, 0) is 42.3 Å². The summed E-state index contributed by atoms with van der Waals surface area (Å²) in [6.07, 6.45) is 2.03. The fraction of sp³-hybridized carbons (Fsp3) is 0.412. The van der Waals surface area contributed by atoms with E-state index < -0.39 is 5.60 Å². The molecule has 1 unspecified atom stereocenters. The molecule has 0 amide bonds. The predicted molar refractivity (Wildman–Crippen MR) is 81.4 cm³/mol. The van der Waals surface area contributed by atoms with Crippen LogP contribution in [0.5, 0.6) is 17.2 Å². The summed E-state index contributed by atoms with van der Waals surface area (Å²) in [5.41, 5.74) is 1.47. The van der Waals surface area contributed by atoms with Crippen LogP contribution in [0.1, 0.15) is 24.5 Å². The molecule has 1 aliphatic rings. The Balaban J connectivity index is 2.31. The molecule has 0 fully saturated rings. The molecule has 0 radical (unpaired) electrons. The Bertz CT molecular complexity index is 704. The van der Waals surface area contributed by atoms with Crippen molar-refractivity contribution < 1.29 is 19.7 Å². The molecule has 4 nitrogen and oxygen atoms in total. The van der Waals surface area contributed by atoms with Crippen molar-refractivity contribution >= 4 is 10.8 Å². The predicted octanol–water partition coefficient (Wildman–Crippen LogP) is 2.80. The van der Waals surface area contributed by atoms with Crippen molar-refractivity contribution in [1.82, 2.24) is 0 Å². The van der Waals surface area contributed by atoms with E-state index in [1.54, 1.807) is 20.3 Å². The second-order valence-electron chi connectivity index (χ2n) is 5.97. The summed E-state index contributed by atoms with van der Waals surface area (Å²) in [4.78, 5) is 0. The fourth-order valence-electron chi connectivity index (χ4n) is 3.22. The summed E-state index contributed by atoms with van der Waals surface area (Å²) in [5, 5.41) is 22.2. The van der Waals surface area contributed by atoms with Crippen molar-refractivity contribution in [3.8, 4) is 17.2 Å². The molecule has 0 aliphatic heterocycles. The van der Waals surface area contributed by atoms with Crippen LogP contribution in [0, 0.1) is 0 Å². The van der Waals surface area contributed by atoms with Crippen LogP contribution in [-0.2, 0) is 12.8 Å². The number of benzene rings is 2. The lowest BCUT2D eigenvalue weighted by Gasteiger charge is -2.31. The monoisotopic (exact) mass is 288 g/mol. The second kappa shape index (κ2) is 4.81. The Labute approximate surface area is 123 Å². The largest absolute Gasteiger partial charge is 0.507 e. The number of aliphatic hydroxyl groups is 1. The zero-order valence-corrected chi connectivity index (χ0v) is 12.6. The quantitative estimate of drug-likeness (QED) is 0.892. The first-order valence-electron chi connectivity index (χ1n) is 7.07. The lowest BCUT2D eigenvalue weighted by Crippen LogP contribution is -2.32. The Morgan fingerprint density at radius 1 is 1.14 bits per heavy atom. The van der Waals surface area contributed by atoms with Crippen LogP contribution in [0.4, 0.5) is 0 Å². The summed E-state index contributed by atoms with van der Waals surface area (Å²) in [6, 6.07) is 5.49. The minimum Gasteiger partial charge on any atom is -0.507 e. The number of hydrogen-bond acceptors (Lipinski definition) is 4. The molecule has 21 heavy (non-hydrogen) atoms. The Kier molecular flexibility index (Phi) is 3.21. The van der Waals surface area contributed by atoms with E-state index in [1.807, 2.05) is 19.1 Å². The van der Waals surface area contributed by atoms with Crippen LogP contribution in [-0.4, -0.2) is 30.0 Å². The SMILES string of the molecule is COc1cc(O)c2c(OC)c3c(cc2c1)CC(C)(O)CC3. The highest BCUT2D eigenvalue weighted by Crippen LogP contribution is 2.44. The van der Waals surface area contributed by atoms with Crippen LogP contribution in [0.2, 0.25) is 0 Å². The van der Waals surface area contributed by atoms with Crippen molar-refractivity contribution in [3.05, 3.63) is 29.3 Å². The van der Waals surface area contributed by atoms with Crippen molar-refractivity contribution in [3.63, 3.8) is 0 Å². The Morgan fingerprint density at radius 3 is 2.57 bits per heavy atom. The first-order chi connectivity index (χ1) is 9.95. The summed E-state index contributed by atoms with van der Waals surface area (Å²) in [5.74, 6) is 1.46. The minimum atomic E-state index is -0.688. The van der Waals surface area contributed by atoms with Crippen LogP contribution in [0.3, 0.4) is 0 Å². The van der Waals surface area contributed by atoms with E-state index in [0.717, 1.165) is 22.9 Å². The zero-order valence-electron chi connectivity index (χ0n) is 12.6. The molecular formula is C17H20O4. The molecule has 2 aromatic carbocycles. The van der Waals surface area contributed by atoms with Gasteiger partial charge in [-0.2, -0.15) is 0 Å². The Hall–Kier alpha value is -1.94. The van der Waals surface area contributed by atoms with Gasteiger partial charge in [0.2, 0.25) is 0 Å². The van der Waals surface area contributed by atoms with Crippen molar-refractivity contribution in [2.75, 3.05) is 14.2 Å². The molecule has 0 saturated carbocycles. The lowest BCUT2D eigenvalue weighted by atomic mass is 9.80. The molecule has 0 saturated heterocycles. The van der Waals surface area contributed by atoms with Gasteiger partial charge in [-0.1, -0.05) is 6.07 Å². The molecule has 0 bridgehead atoms. The Morgan fingerprint density at radius 2 is 1.90 bits per heavy atom. The van der Waals surface area contributed by atoms with E-state index in [1.165, 1.54) is 0 Å². The summed E-state index contributed by atoms with van der Waals surface area (Å²) in [7, 11) is 3.19. The van der Waals surface area contributed by atoms with Gasteiger partial charge < -0.3 is 19.7 Å². The number of methoxy groups -OCH3 is 2. The molecule has 1 aliphatic carbocycles. The van der Waals surface area contributed by atoms with Gasteiger partial charge in [0, 0.05) is 12.5 Å². The van der Waals surface area contributed by atoms with Gasteiger partial charge in [0.05, 0.1) is 25.2 Å². The smallest absolute Gasteiger partial charge is 0.133 e. The normalized spacial score (nSPS) is 21.1. The molecule has 2 aromatic rings. The van der Waals surface area contributed by atoms with Crippen LogP contribution >= 0.6 is 0 Å². The van der Waals surface area contributed by atoms with Gasteiger partial charge in [0.15, 0.2) is 0 Å². The standard InChI is InChI=1S/C17H20O4/c1-17(19)5-4-13-11(9-17)6-10-7-12(20-2)8-14(18)15(10)16(13)21-3/h6-8,18-19H,4-5,9H2,1-3H3. The number of phenolic OH excluding ortho intramolecular Hbond substituents is 1. The highest BCUT2D eigenvalue weighted by atomic mass is 16.5. The molecule has 0 heterocycles. The van der Waals surface area contributed by atoms with Crippen LogP contribution in [0.15, 0.2) is 18.2 Å². The first-order valence-corrected chi connectivity index (χ1v) is 7.07. The van der Waals surface area contributed by atoms with E-state index >= 15 is 0 Å². The molecular weight excluding hydrogens is 268 g/mol. The number of rotatable bonds is 2. The summed E-state index contributed by atoms with van der Waals surface area (Å²) >= 11 is 0. The number of hydrogen-bond donors (Lipinski definition) is 2. The van der Waals surface area contributed by atoms with Crippen LogP contribution < -0.4 is 9.47 Å². The highest BCUT2D eigenvalue weighted by Gasteiger charge is 2.30. The molecule has 0 spiro atoms. The van der Waals surface area contributed by atoms with Gasteiger partial charge in [0.25, 0.3) is 0 Å². The summed E-state index contributed by atoms with van der Waals surface area (Å²) < 4.78 is 10.8. The van der Waals surface area contributed by atoms with E-state index in [2.05, 4.69) is 0 Å². The van der Waals surface area contributed by atoms with E-state index in [4.69, 9.17) is 9.47 Å². The van der Waals surface area contributed by atoms with Gasteiger partial charge in [-0.15, -0.1) is 0 Å². The minimum absolute atomic E-state index is 0.154. The third kappa shape index (κ3) is 2.29. The molecule has 3 rings (SSSR count). The summed E-state index contributed by atoms with van der Waals surface area (Å²) in [6.45, 7) is 1.86. The lowest BCUT2D eigenvalue weighted by molar-refractivity contribution is 0.0456. The van der Waals surface area contributed by atoms with Crippen LogP contribution in [0.25, 0.3) is 10.8 Å². The van der Waals surface area contributed by atoms with Crippen molar-refractivity contribution in [1.29, 1.82) is 0 Å². The molecule has 1 atom stereocenters. The van der Waals surface area contributed by atoms with Gasteiger partial charge in [-0.25, -0.2) is 0 Å². The van der Waals surface area contributed by atoms with Gasteiger partial charge in [0.1, 0.15) is 17.2 Å². The molecule has 2 N–H and O–H groups in total. The third-order valence-electron chi connectivity index (χ3n) is 4.26. The number of aromatic hydroxyl groups is 1. The van der Waals surface area contributed by atoms with E-state index in [9.17, 15) is 10.2 Å². The average Bonchev–Trinajstić information content (AvgIpc) is 2.43. The molecule has 112 valence electrons. The first kappa shape index (κ1) is 14.0. The maximum atomic E-state index is 10.3. The molecule has 4 heteroatoms. The number of ether oxygens (including phenoxy) is 2. The highest BCUT2D eigenvalue weighted by molar-refractivity contribution is 5.96. The van der Waals surface area contributed by atoms with Gasteiger partial charge in [-0.3, -0.25) is 0 Å². The molecule has 0 aromatic heterocycles. The number of fused-ring (bicyclic) bond motifs is 2. The van der Waals surface area contributed by atoms with Gasteiger partial charge >= 0.3 is 0 Å². The maximum absolute atomic E-state index is 10.3. The van der Waals surface area contributed by atoms with E-state index in [-0.39, 0.29) is 5.75 Å². The topological polar surface area (TPSA) is 58.9 Å².